The maximum absolute atomic E-state index is 11.3. The average Bonchev–Trinajstić information content (AvgIpc) is 2.00. The molecule has 1 atom stereocenters. The first-order chi connectivity index (χ1) is 5.87. The summed E-state index contributed by atoms with van der Waals surface area (Å²) < 4.78 is 0. The Morgan fingerprint density at radius 3 is 2.38 bits per heavy atom. The van der Waals surface area contributed by atoms with E-state index in [0.717, 1.165) is 13.0 Å². The lowest BCUT2D eigenvalue weighted by molar-refractivity contribution is -0.124. The van der Waals surface area contributed by atoms with Gasteiger partial charge in [0.25, 0.3) is 0 Å². The lowest BCUT2D eigenvalue weighted by Crippen LogP contribution is -2.34. The van der Waals surface area contributed by atoms with Gasteiger partial charge in [0.2, 0.25) is 5.91 Å². The Labute approximate surface area is 81.1 Å². The molecule has 0 radical (unpaired) electrons. The molecule has 0 aromatic heterocycles. The standard InChI is InChI=1S/C10H22N2O/c1-8(7-11)9(13)12-6-5-10(2,3)4/h8H,5-7,11H2,1-4H3,(H,12,13). The number of carbonyl (C=O) groups is 1. The van der Waals surface area contributed by atoms with E-state index in [9.17, 15) is 4.79 Å². The van der Waals surface area contributed by atoms with Gasteiger partial charge in [-0.2, -0.15) is 0 Å². The Morgan fingerprint density at radius 1 is 1.46 bits per heavy atom. The van der Waals surface area contributed by atoms with E-state index in [-0.39, 0.29) is 17.2 Å². The van der Waals surface area contributed by atoms with Crippen LogP contribution in [0.4, 0.5) is 0 Å². The topological polar surface area (TPSA) is 55.1 Å². The minimum Gasteiger partial charge on any atom is -0.356 e. The first-order valence-corrected chi connectivity index (χ1v) is 4.84. The highest BCUT2D eigenvalue weighted by Crippen LogP contribution is 2.16. The van der Waals surface area contributed by atoms with Crippen molar-refractivity contribution in [2.24, 2.45) is 17.1 Å². The minimum absolute atomic E-state index is 0.0618. The van der Waals surface area contributed by atoms with Crippen molar-refractivity contribution in [2.45, 2.75) is 34.1 Å². The molecule has 0 aromatic rings. The van der Waals surface area contributed by atoms with Crippen LogP contribution < -0.4 is 11.1 Å². The summed E-state index contributed by atoms with van der Waals surface area (Å²) in [6, 6.07) is 0. The Hall–Kier alpha value is -0.570. The predicted molar refractivity (Wildman–Crippen MR) is 55.3 cm³/mol. The molecule has 0 aliphatic rings. The molecule has 0 aliphatic heterocycles. The summed E-state index contributed by atoms with van der Waals surface area (Å²) in [4.78, 5) is 11.3. The van der Waals surface area contributed by atoms with E-state index in [1.807, 2.05) is 6.92 Å². The second-order valence-electron chi connectivity index (χ2n) is 4.74. The number of nitrogens with one attached hydrogen (secondary N) is 1. The highest BCUT2D eigenvalue weighted by Gasteiger charge is 2.13. The molecule has 0 rings (SSSR count). The Bertz CT molecular complexity index is 161. The van der Waals surface area contributed by atoms with Crippen LogP contribution in [-0.4, -0.2) is 19.0 Å². The van der Waals surface area contributed by atoms with Crippen molar-refractivity contribution in [1.29, 1.82) is 0 Å². The van der Waals surface area contributed by atoms with Crippen LogP contribution in [0.5, 0.6) is 0 Å². The average molecular weight is 186 g/mol. The van der Waals surface area contributed by atoms with E-state index in [0.29, 0.717) is 6.54 Å². The van der Waals surface area contributed by atoms with Crippen LogP contribution in [0.3, 0.4) is 0 Å². The van der Waals surface area contributed by atoms with Gasteiger partial charge in [-0.05, 0) is 11.8 Å². The minimum atomic E-state index is -0.0695. The molecule has 13 heavy (non-hydrogen) atoms. The predicted octanol–water partition coefficient (Wildman–Crippen LogP) is 1.13. The van der Waals surface area contributed by atoms with Crippen molar-refractivity contribution in [1.82, 2.24) is 5.32 Å². The van der Waals surface area contributed by atoms with Gasteiger partial charge >= 0.3 is 0 Å². The summed E-state index contributed by atoms with van der Waals surface area (Å²) in [7, 11) is 0. The van der Waals surface area contributed by atoms with Crippen molar-refractivity contribution < 1.29 is 4.79 Å². The number of carbonyl (C=O) groups excluding carboxylic acids is 1. The Kier molecular flexibility index (Phi) is 4.99. The van der Waals surface area contributed by atoms with Crippen LogP contribution in [0, 0.1) is 11.3 Å². The van der Waals surface area contributed by atoms with Crippen molar-refractivity contribution in [3.63, 3.8) is 0 Å². The third-order valence-electron chi connectivity index (χ3n) is 1.98. The maximum atomic E-state index is 11.3. The zero-order valence-corrected chi connectivity index (χ0v) is 9.18. The summed E-state index contributed by atoms with van der Waals surface area (Å²) in [6.07, 6.45) is 0.996. The molecule has 0 saturated carbocycles. The number of nitrogens with two attached hydrogens (primary N) is 1. The van der Waals surface area contributed by atoms with Gasteiger partial charge < -0.3 is 11.1 Å². The van der Waals surface area contributed by atoms with Crippen LogP contribution in [-0.2, 0) is 4.79 Å². The molecular formula is C10H22N2O. The molecule has 0 aromatic carbocycles. The van der Waals surface area contributed by atoms with Gasteiger partial charge in [-0.15, -0.1) is 0 Å². The molecule has 78 valence electrons. The van der Waals surface area contributed by atoms with Crippen molar-refractivity contribution >= 4 is 5.91 Å². The van der Waals surface area contributed by atoms with Gasteiger partial charge in [0.05, 0.1) is 0 Å². The highest BCUT2D eigenvalue weighted by atomic mass is 16.1. The summed E-state index contributed by atoms with van der Waals surface area (Å²) in [5.41, 5.74) is 5.65. The fraction of sp³-hybridized carbons (Fsp3) is 0.900. The molecule has 0 spiro atoms. The number of hydrogen-bond donors (Lipinski definition) is 2. The Balaban J connectivity index is 3.60. The molecule has 1 amide bonds. The summed E-state index contributed by atoms with van der Waals surface area (Å²) in [5.74, 6) is -0.00767. The molecular weight excluding hydrogens is 164 g/mol. The van der Waals surface area contributed by atoms with E-state index in [1.54, 1.807) is 0 Å². The largest absolute Gasteiger partial charge is 0.356 e. The van der Waals surface area contributed by atoms with Gasteiger partial charge in [-0.25, -0.2) is 0 Å². The van der Waals surface area contributed by atoms with Gasteiger partial charge in [-0.3, -0.25) is 4.79 Å². The second kappa shape index (κ2) is 5.22. The molecule has 3 heteroatoms. The molecule has 0 heterocycles. The van der Waals surface area contributed by atoms with Crippen molar-refractivity contribution in [3.8, 4) is 0 Å². The first-order valence-electron chi connectivity index (χ1n) is 4.84. The lowest BCUT2D eigenvalue weighted by Gasteiger charge is -2.18. The SMILES string of the molecule is CC(CN)C(=O)NCCC(C)(C)C. The van der Waals surface area contributed by atoms with E-state index >= 15 is 0 Å². The first kappa shape index (κ1) is 12.4. The third-order valence-corrected chi connectivity index (χ3v) is 1.98. The molecule has 0 aliphatic carbocycles. The number of amides is 1. The van der Waals surface area contributed by atoms with Crippen LogP contribution >= 0.6 is 0 Å². The van der Waals surface area contributed by atoms with Crippen LogP contribution in [0.15, 0.2) is 0 Å². The lowest BCUT2D eigenvalue weighted by atomic mass is 9.92. The monoisotopic (exact) mass is 186 g/mol. The van der Waals surface area contributed by atoms with Gasteiger partial charge in [0.1, 0.15) is 0 Å². The van der Waals surface area contributed by atoms with E-state index < -0.39 is 0 Å². The van der Waals surface area contributed by atoms with E-state index in [4.69, 9.17) is 5.73 Å². The maximum Gasteiger partial charge on any atom is 0.224 e. The van der Waals surface area contributed by atoms with Crippen molar-refractivity contribution in [2.75, 3.05) is 13.1 Å². The van der Waals surface area contributed by atoms with Gasteiger partial charge in [0.15, 0.2) is 0 Å². The molecule has 0 bridgehead atoms. The van der Waals surface area contributed by atoms with E-state index in [2.05, 4.69) is 26.1 Å². The fourth-order valence-corrected chi connectivity index (χ4v) is 0.842. The molecule has 0 saturated heterocycles. The molecule has 3 nitrogen and oxygen atoms in total. The van der Waals surface area contributed by atoms with Gasteiger partial charge in [-0.1, -0.05) is 27.7 Å². The smallest absolute Gasteiger partial charge is 0.224 e. The summed E-state index contributed by atoms with van der Waals surface area (Å²) >= 11 is 0. The quantitative estimate of drug-likeness (QED) is 0.691. The molecule has 0 fully saturated rings. The summed E-state index contributed by atoms with van der Waals surface area (Å²) in [6.45, 7) is 9.48. The zero-order chi connectivity index (χ0) is 10.5. The number of hydrogen-bond acceptors (Lipinski definition) is 2. The van der Waals surface area contributed by atoms with Gasteiger partial charge in [0, 0.05) is 19.0 Å². The van der Waals surface area contributed by atoms with E-state index in [1.165, 1.54) is 0 Å². The normalized spacial score (nSPS) is 13.9. The molecule has 1 unspecified atom stereocenters. The highest BCUT2D eigenvalue weighted by molar-refractivity contribution is 5.78. The molecule has 3 N–H and O–H groups in total. The Morgan fingerprint density at radius 2 is 2.00 bits per heavy atom. The van der Waals surface area contributed by atoms with Crippen molar-refractivity contribution in [3.05, 3.63) is 0 Å². The van der Waals surface area contributed by atoms with Crippen LogP contribution in [0.2, 0.25) is 0 Å². The fourth-order valence-electron chi connectivity index (χ4n) is 0.842. The number of rotatable bonds is 4. The van der Waals surface area contributed by atoms with Crippen LogP contribution in [0.25, 0.3) is 0 Å². The second-order valence-corrected chi connectivity index (χ2v) is 4.74. The van der Waals surface area contributed by atoms with Crippen LogP contribution in [0.1, 0.15) is 34.1 Å². The summed E-state index contributed by atoms with van der Waals surface area (Å²) in [5, 5.41) is 2.87. The third kappa shape index (κ3) is 6.58. The zero-order valence-electron chi connectivity index (χ0n) is 9.18.